The number of aromatic nitrogens is 3. The van der Waals surface area contributed by atoms with Gasteiger partial charge >= 0.3 is 0 Å². The van der Waals surface area contributed by atoms with Gasteiger partial charge in [0.2, 0.25) is 5.91 Å². The van der Waals surface area contributed by atoms with Crippen molar-refractivity contribution in [3.63, 3.8) is 0 Å². The SMILES string of the molecule is CC(=O)Cn1nnc2c1-c1ccccc1CN(C(C)=O)c1ccccc1-2. The second-order valence-electron chi connectivity index (χ2n) is 6.43. The van der Waals surface area contributed by atoms with Gasteiger partial charge in [0.15, 0.2) is 5.78 Å². The molecule has 0 radical (unpaired) electrons. The van der Waals surface area contributed by atoms with Gasteiger partial charge in [-0.05, 0) is 18.6 Å². The molecule has 6 nitrogen and oxygen atoms in total. The summed E-state index contributed by atoms with van der Waals surface area (Å²) in [6.07, 6.45) is 0. The Balaban J connectivity index is 2.06. The van der Waals surface area contributed by atoms with Crippen molar-refractivity contribution in [3.05, 3.63) is 54.1 Å². The normalized spacial score (nSPS) is 12.5. The molecule has 0 spiro atoms. The Morgan fingerprint density at radius 1 is 1.00 bits per heavy atom. The highest BCUT2D eigenvalue weighted by molar-refractivity contribution is 5.99. The monoisotopic (exact) mass is 346 g/mol. The van der Waals surface area contributed by atoms with Crippen LogP contribution in [0, 0.1) is 0 Å². The lowest BCUT2D eigenvalue weighted by Crippen LogP contribution is -2.29. The van der Waals surface area contributed by atoms with Crippen LogP contribution in [-0.2, 0) is 22.7 Å². The maximum absolute atomic E-state index is 12.3. The highest BCUT2D eigenvalue weighted by Crippen LogP contribution is 2.40. The zero-order valence-corrected chi connectivity index (χ0v) is 14.6. The Morgan fingerprint density at radius 3 is 2.42 bits per heavy atom. The van der Waals surface area contributed by atoms with Crippen molar-refractivity contribution < 1.29 is 9.59 Å². The molecule has 1 aromatic heterocycles. The molecule has 2 aromatic carbocycles. The number of hydrogen-bond donors (Lipinski definition) is 0. The van der Waals surface area contributed by atoms with Crippen molar-refractivity contribution in [1.82, 2.24) is 15.0 Å². The number of benzene rings is 2. The van der Waals surface area contributed by atoms with Crippen LogP contribution in [0.4, 0.5) is 5.69 Å². The Morgan fingerprint density at radius 2 is 1.69 bits per heavy atom. The molecule has 0 fully saturated rings. The third-order valence-corrected chi connectivity index (χ3v) is 4.54. The van der Waals surface area contributed by atoms with Gasteiger partial charge in [-0.15, -0.1) is 5.10 Å². The predicted molar refractivity (Wildman–Crippen MR) is 98.4 cm³/mol. The van der Waals surface area contributed by atoms with Crippen LogP contribution in [0.25, 0.3) is 22.5 Å². The van der Waals surface area contributed by atoms with Crippen LogP contribution in [0.2, 0.25) is 0 Å². The van der Waals surface area contributed by atoms with Gasteiger partial charge in [-0.3, -0.25) is 9.59 Å². The van der Waals surface area contributed by atoms with E-state index in [9.17, 15) is 9.59 Å². The number of para-hydroxylation sites is 1. The van der Waals surface area contributed by atoms with Crippen molar-refractivity contribution in [1.29, 1.82) is 0 Å². The summed E-state index contributed by atoms with van der Waals surface area (Å²) in [5.74, 6) is -0.0253. The molecule has 2 heterocycles. The fourth-order valence-corrected chi connectivity index (χ4v) is 3.42. The van der Waals surface area contributed by atoms with Gasteiger partial charge in [0.1, 0.15) is 12.2 Å². The van der Waals surface area contributed by atoms with Gasteiger partial charge < -0.3 is 4.90 Å². The molecule has 0 aliphatic carbocycles. The smallest absolute Gasteiger partial charge is 0.224 e. The minimum Gasteiger partial charge on any atom is -0.308 e. The average Bonchev–Trinajstić information content (AvgIpc) is 3.00. The van der Waals surface area contributed by atoms with Gasteiger partial charge in [0.25, 0.3) is 0 Å². The fraction of sp³-hybridized carbons (Fsp3) is 0.200. The molecule has 0 saturated carbocycles. The molecule has 26 heavy (non-hydrogen) atoms. The lowest BCUT2D eigenvalue weighted by atomic mass is 9.95. The number of hydrogen-bond acceptors (Lipinski definition) is 4. The summed E-state index contributed by atoms with van der Waals surface area (Å²) in [7, 11) is 0. The lowest BCUT2D eigenvalue weighted by molar-refractivity contribution is -0.118. The van der Waals surface area contributed by atoms with Crippen LogP contribution in [0.15, 0.2) is 48.5 Å². The number of Topliss-reactive ketones (excluding diaryl/α,β-unsaturated/α-hetero) is 1. The molecule has 1 amide bonds. The van der Waals surface area contributed by atoms with Crippen molar-refractivity contribution in [2.75, 3.05) is 4.90 Å². The first-order valence-corrected chi connectivity index (χ1v) is 8.45. The number of anilines is 1. The summed E-state index contributed by atoms with van der Waals surface area (Å²) in [5.41, 5.74) is 5.05. The largest absolute Gasteiger partial charge is 0.308 e. The van der Waals surface area contributed by atoms with Crippen LogP contribution < -0.4 is 4.90 Å². The number of carbonyl (C=O) groups excluding carboxylic acids is 2. The third-order valence-electron chi connectivity index (χ3n) is 4.54. The Labute approximate surface area is 151 Å². The Kier molecular flexibility index (Phi) is 3.88. The zero-order valence-electron chi connectivity index (χ0n) is 14.6. The third kappa shape index (κ3) is 2.60. The maximum Gasteiger partial charge on any atom is 0.224 e. The van der Waals surface area contributed by atoms with E-state index >= 15 is 0 Å². The van der Waals surface area contributed by atoms with E-state index in [2.05, 4.69) is 10.3 Å². The highest BCUT2D eigenvalue weighted by Gasteiger charge is 2.27. The molecular weight excluding hydrogens is 328 g/mol. The molecule has 6 heteroatoms. The minimum absolute atomic E-state index is 0.0101. The first-order valence-electron chi connectivity index (χ1n) is 8.45. The van der Waals surface area contributed by atoms with Crippen molar-refractivity contribution in [2.24, 2.45) is 0 Å². The summed E-state index contributed by atoms with van der Waals surface area (Å²) in [6, 6.07) is 15.5. The van der Waals surface area contributed by atoms with E-state index in [4.69, 9.17) is 0 Å². The van der Waals surface area contributed by atoms with Crippen LogP contribution >= 0.6 is 0 Å². The first kappa shape index (κ1) is 16.2. The predicted octanol–water partition coefficient (Wildman–Crippen LogP) is 3.07. The van der Waals surface area contributed by atoms with Gasteiger partial charge in [-0.1, -0.05) is 47.7 Å². The zero-order chi connectivity index (χ0) is 18.3. The Hall–Kier alpha value is -3.28. The molecule has 1 aliphatic rings. The van der Waals surface area contributed by atoms with E-state index < -0.39 is 0 Å². The summed E-state index contributed by atoms with van der Waals surface area (Å²) in [6.45, 7) is 3.71. The number of fused-ring (bicyclic) bond motifs is 5. The minimum atomic E-state index is -0.0353. The molecular formula is C20H18N4O2. The van der Waals surface area contributed by atoms with Gasteiger partial charge in [-0.2, -0.15) is 0 Å². The van der Waals surface area contributed by atoms with Crippen LogP contribution in [0.3, 0.4) is 0 Å². The van der Waals surface area contributed by atoms with Crippen LogP contribution in [0.5, 0.6) is 0 Å². The lowest BCUT2D eigenvalue weighted by Gasteiger charge is -2.27. The molecule has 0 bridgehead atoms. The molecule has 0 unspecified atom stereocenters. The Bertz CT molecular complexity index is 1020. The highest BCUT2D eigenvalue weighted by atomic mass is 16.2. The van der Waals surface area contributed by atoms with E-state index in [0.717, 1.165) is 28.1 Å². The fourth-order valence-electron chi connectivity index (χ4n) is 3.42. The molecule has 0 saturated heterocycles. The average molecular weight is 346 g/mol. The van der Waals surface area contributed by atoms with Gasteiger partial charge in [-0.25, -0.2) is 4.68 Å². The molecule has 130 valence electrons. The second kappa shape index (κ2) is 6.22. The summed E-state index contributed by atoms with van der Waals surface area (Å²) in [4.78, 5) is 25.8. The number of rotatable bonds is 2. The number of amides is 1. The quantitative estimate of drug-likeness (QED) is 0.715. The maximum atomic E-state index is 12.3. The molecule has 3 aromatic rings. The van der Waals surface area contributed by atoms with E-state index in [-0.39, 0.29) is 18.2 Å². The van der Waals surface area contributed by atoms with E-state index in [0.29, 0.717) is 12.2 Å². The molecule has 1 aliphatic heterocycles. The van der Waals surface area contributed by atoms with Crippen molar-refractivity contribution in [2.45, 2.75) is 26.9 Å². The van der Waals surface area contributed by atoms with Crippen LogP contribution in [-0.4, -0.2) is 26.7 Å². The first-order chi connectivity index (χ1) is 12.6. The van der Waals surface area contributed by atoms with E-state index in [1.165, 1.54) is 6.92 Å². The number of nitrogens with zero attached hydrogens (tertiary/aromatic N) is 4. The van der Waals surface area contributed by atoms with Gasteiger partial charge in [0.05, 0.1) is 17.9 Å². The summed E-state index contributed by atoms with van der Waals surface area (Å²) in [5, 5.41) is 8.60. The molecule has 0 N–H and O–H groups in total. The van der Waals surface area contributed by atoms with E-state index in [1.54, 1.807) is 16.5 Å². The summed E-state index contributed by atoms with van der Waals surface area (Å²) >= 11 is 0. The topological polar surface area (TPSA) is 68.1 Å². The standard InChI is InChI=1S/C20H18N4O2/c1-13(25)11-24-20-16-8-4-3-7-15(16)12-23(14(2)26)18-10-6-5-9-17(18)19(20)21-22-24/h3-10H,11-12H2,1-2H3. The second-order valence-corrected chi connectivity index (χ2v) is 6.43. The van der Waals surface area contributed by atoms with Crippen molar-refractivity contribution in [3.8, 4) is 22.5 Å². The van der Waals surface area contributed by atoms with Crippen LogP contribution in [0.1, 0.15) is 19.4 Å². The van der Waals surface area contributed by atoms with E-state index in [1.807, 2.05) is 48.5 Å². The number of carbonyl (C=O) groups is 2. The number of ketones is 1. The van der Waals surface area contributed by atoms with Gasteiger partial charge in [0, 0.05) is 18.1 Å². The summed E-state index contributed by atoms with van der Waals surface area (Å²) < 4.78 is 1.65. The van der Waals surface area contributed by atoms with Crippen molar-refractivity contribution >= 4 is 17.4 Å². The molecule has 4 rings (SSSR count). The molecule has 0 atom stereocenters.